The molecule has 0 spiro atoms. The molecule has 168 valence electrons. The zero-order chi connectivity index (χ0) is 22.7. The van der Waals surface area contributed by atoms with Crippen molar-refractivity contribution in [3.63, 3.8) is 0 Å². The monoisotopic (exact) mass is 436 g/mol. The number of aliphatic carboxylic acids is 1. The lowest BCUT2D eigenvalue weighted by molar-refractivity contribution is -0.142. The van der Waals surface area contributed by atoms with Crippen molar-refractivity contribution in [3.05, 3.63) is 59.7 Å². The Morgan fingerprint density at radius 3 is 2.28 bits per heavy atom. The number of rotatable bonds is 7. The van der Waals surface area contributed by atoms with Crippen molar-refractivity contribution in [2.24, 2.45) is 5.92 Å². The van der Waals surface area contributed by atoms with Crippen LogP contribution in [0, 0.1) is 5.92 Å². The van der Waals surface area contributed by atoms with Gasteiger partial charge in [0.1, 0.15) is 6.61 Å². The van der Waals surface area contributed by atoms with Gasteiger partial charge in [-0.2, -0.15) is 0 Å². The number of hydrogen-bond donors (Lipinski definition) is 3. The quantitative estimate of drug-likeness (QED) is 0.614. The Morgan fingerprint density at radius 1 is 1.03 bits per heavy atom. The Labute approximate surface area is 187 Å². The summed E-state index contributed by atoms with van der Waals surface area (Å²) in [5, 5.41) is 14.7. The zero-order valence-corrected chi connectivity index (χ0v) is 18.0. The molecule has 0 bridgehead atoms. The third-order valence-electron chi connectivity index (χ3n) is 6.38. The first-order valence-corrected chi connectivity index (χ1v) is 11.1. The van der Waals surface area contributed by atoms with Crippen LogP contribution in [0.25, 0.3) is 11.1 Å². The average Bonchev–Trinajstić information content (AvgIpc) is 3.34. The van der Waals surface area contributed by atoms with Gasteiger partial charge in [-0.1, -0.05) is 55.0 Å². The van der Waals surface area contributed by atoms with Crippen LogP contribution < -0.4 is 10.6 Å². The summed E-state index contributed by atoms with van der Waals surface area (Å²) in [6.07, 6.45) is 1.52. The Hall–Kier alpha value is -3.35. The molecule has 3 atom stereocenters. The van der Waals surface area contributed by atoms with Gasteiger partial charge in [-0.05, 0) is 42.0 Å². The lowest BCUT2D eigenvalue weighted by Crippen LogP contribution is -2.43. The molecule has 32 heavy (non-hydrogen) atoms. The number of hydrogen-bond acceptors (Lipinski definition) is 4. The highest BCUT2D eigenvalue weighted by molar-refractivity contribution is 5.80. The van der Waals surface area contributed by atoms with Crippen LogP contribution in [0.15, 0.2) is 48.5 Å². The summed E-state index contributed by atoms with van der Waals surface area (Å²) in [7, 11) is 0. The van der Waals surface area contributed by atoms with E-state index < -0.39 is 24.0 Å². The van der Waals surface area contributed by atoms with Crippen LogP contribution in [0.3, 0.4) is 0 Å². The Kier molecular flexibility index (Phi) is 6.44. The highest BCUT2D eigenvalue weighted by atomic mass is 16.5. The summed E-state index contributed by atoms with van der Waals surface area (Å²) in [6.45, 7) is 1.94. The number of carbonyl (C=O) groups is 3. The average molecular weight is 437 g/mol. The largest absolute Gasteiger partial charge is 0.481 e. The number of alkyl carbamates (subject to hydrolysis) is 1. The number of carbonyl (C=O) groups excluding carboxylic acids is 2. The Morgan fingerprint density at radius 2 is 1.66 bits per heavy atom. The van der Waals surface area contributed by atoms with Gasteiger partial charge in [-0.15, -0.1) is 0 Å². The van der Waals surface area contributed by atoms with E-state index in [1.807, 2.05) is 24.3 Å². The van der Waals surface area contributed by atoms with Crippen molar-refractivity contribution in [2.45, 2.75) is 50.6 Å². The fourth-order valence-corrected chi connectivity index (χ4v) is 4.86. The minimum atomic E-state index is -0.877. The molecule has 2 aliphatic carbocycles. The van der Waals surface area contributed by atoms with Gasteiger partial charge in [0.25, 0.3) is 0 Å². The molecular formula is C25H28N2O5. The number of benzene rings is 2. The second-order valence-corrected chi connectivity index (χ2v) is 8.62. The fourth-order valence-electron chi connectivity index (χ4n) is 4.86. The van der Waals surface area contributed by atoms with Gasteiger partial charge >= 0.3 is 12.1 Å². The minimum absolute atomic E-state index is 0.0259. The highest BCUT2D eigenvalue weighted by Gasteiger charge is 2.34. The molecule has 3 N–H and O–H groups in total. The van der Waals surface area contributed by atoms with Gasteiger partial charge < -0.3 is 20.5 Å². The van der Waals surface area contributed by atoms with Crippen LogP contribution in [-0.2, 0) is 14.3 Å². The lowest BCUT2D eigenvalue weighted by atomic mass is 9.98. The van der Waals surface area contributed by atoms with Crippen LogP contribution in [0.2, 0.25) is 0 Å². The molecule has 1 unspecified atom stereocenters. The summed E-state index contributed by atoms with van der Waals surface area (Å²) in [5.74, 6) is -1.71. The number of amides is 2. The van der Waals surface area contributed by atoms with Gasteiger partial charge in [0.05, 0.1) is 5.92 Å². The maximum absolute atomic E-state index is 12.4. The molecule has 4 rings (SSSR count). The maximum Gasteiger partial charge on any atom is 0.407 e. The van der Waals surface area contributed by atoms with Crippen LogP contribution in [0.4, 0.5) is 4.79 Å². The molecule has 2 amide bonds. The summed E-state index contributed by atoms with van der Waals surface area (Å²) in [5.41, 5.74) is 4.60. The van der Waals surface area contributed by atoms with E-state index in [1.165, 1.54) is 0 Å². The zero-order valence-electron chi connectivity index (χ0n) is 18.0. The Balaban J connectivity index is 1.28. The van der Waals surface area contributed by atoms with Crippen LogP contribution in [0.5, 0.6) is 0 Å². The van der Waals surface area contributed by atoms with E-state index in [0.29, 0.717) is 12.8 Å². The first kappa shape index (κ1) is 21.9. The maximum atomic E-state index is 12.4. The Bertz CT molecular complexity index is 975. The van der Waals surface area contributed by atoms with Crippen molar-refractivity contribution in [1.82, 2.24) is 10.6 Å². The number of fused-ring (bicyclic) bond motifs is 3. The molecule has 0 saturated heterocycles. The molecule has 2 aliphatic rings. The van der Waals surface area contributed by atoms with Gasteiger partial charge in [0.2, 0.25) is 5.91 Å². The molecule has 1 fully saturated rings. The van der Waals surface area contributed by atoms with E-state index in [-0.39, 0.29) is 30.9 Å². The van der Waals surface area contributed by atoms with Gasteiger partial charge in [-0.25, -0.2) is 4.79 Å². The van der Waals surface area contributed by atoms with Crippen molar-refractivity contribution in [2.75, 3.05) is 6.61 Å². The minimum Gasteiger partial charge on any atom is -0.481 e. The number of carboxylic acid groups (broad SMARTS) is 1. The van der Waals surface area contributed by atoms with Crippen LogP contribution in [-0.4, -0.2) is 41.8 Å². The molecular weight excluding hydrogens is 408 g/mol. The molecule has 7 heteroatoms. The molecule has 2 aromatic carbocycles. The standard InChI is InChI=1S/C25H28N2O5/c1-15(13-23(28)27-22-12-6-11-20(22)24(29)30)26-25(31)32-14-21-18-9-4-2-7-16(18)17-8-3-5-10-19(17)21/h2-5,7-10,15,20-22H,6,11-14H2,1H3,(H,26,31)(H,27,28)(H,29,30)/t15?,20-,22+/m1/s1. The number of nitrogens with one attached hydrogen (secondary N) is 2. The topological polar surface area (TPSA) is 105 Å². The molecule has 0 heterocycles. The molecule has 7 nitrogen and oxygen atoms in total. The SMILES string of the molecule is CC(CC(=O)N[C@H]1CCC[C@H]1C(=O)O)NC(=O)OCC1c2ccccc2-c2ccccc21. The predicted molar refractivity (Wildman–Crippen MR) is 119 cm³/mol. The van der Waals surface area contributed by atoms with Gasteiger partial charge in [0, 0.05) is 24.4 Å². The van der Waals surface area contributed by atoms with Gasteiger partial charge in [-0.3, -0.25) is 9.59 Å². The first-order chi connectivity index (χ1) is 15.4. The number of ether oxygens (including phenoxy) is 1. The third-order valence-corrected chi connectivity index (χ3v) is 6.38. The third kappa shape index (κ3) is 4.61. The summed E-state index contributed by atoms with van der Waals surface area (Å²) < 4.78 is 5.51. The van der Waals surface area contributed by atoms with E-state index in [1.54, 1.807) is 6.92 Å². The van der Waals surface area contributed by atoms with Crippen molar-refractivity contribution in [1.29, 1.82) is 0 Å². The summed E-state index contributed by atoms with van der Waals surface area (Å²) >= 11 is 0. The van der Waals surface area contributed by atoms with Crippen LogP contribution in [0.1, 0.15) is 49.7 Å². The predicted octanol–water partition coefficient (Wildman–Crippen LogP) is 3.67. The smallest absolute Gasteiger partial charge is 0.407 e. The second kappa shape index (κ2) is 9.42. The summed E-state index contributed by atoms with van der Waals surface area (Å²) in [6, 6.07) is 15.5. The van der Waals surface area contributed by atoms with Crippen molar-refractivity contribution in [3.8, 4) is 11.1 Å². The van der Waals surface area contributed by atoms with Crippen molar-refractivity contribution < 1.29 is 24.2 Å². The van der Waals surface area contributed by atoms with E-state index in [4.69, 9.17) is 4.74 Å². The molecule has 0 aliphatic heterocycles. The molecule has 2 aromatic rings. The molecule has 0 aromatic heterocycles. The molecule has 0 radical (unpaired) electrons. The van der Waals surface area contributed by atoms with Gasteiger partial charge in [0.15, 0.2) is 0 Å². The number of carboxylic acids is 1. The van der Waals surface area contributed by atoms with E-state index >= 15 is 0 Å². The van der Waals surface area contributed by atoms with Crippen LogP contribution >= 0.6 is 0 Å². The second-order valence-electron chi connectivity index (χ2n) is 8.62. The molecule has 1 saturated carbocycles. The van der Waals surface area contributed by atoms with Crippen molar-refractivity contribution >= 4 is 18.0 Å². The highest BCUT2D eigenvalue weighted by Crippen LogP contribution is 2.44. The fraction of sp³-hybridized carbons (Fsp3) is 0.400. The normalized spacial score (nSPS) is 20.2. The van der Waals surface area contributed by atoms with E-state index in [9.17, 15) is 19.5 Å². The first-order valence-electron chi connectivity index (χ1n) is 11.1. The van der Waals surface area contributed by atoms with E-state index in [0.717, 1.165) is 28.7 Å². The summed E-state index contributed by atoms with van der Waals surface area (Å²) in [4.78, 5) is 35.9. The van der Waals surface area contributed by atoms with E-state index in [2.05, 4.69) is 34.9 Å². The lowest BCUT2D eigenvalue weighted by Gasteiger charge is -2.20.